The van der Waals surface area contributed by atoms with Crippen molar-refractivity contribution in [1.82, 2.24) is 0 Å². The first-order valence-electron chi connectivity index (χ1n) is 6.22. The molecule has 0 aliphatic carbocycles. The monoisotopic (exact) mass is 248 g/mol. The largest absolute Gasteiger partial charge is 0.464 e. The summed E-state index contributed by atoms with van der Waals surface area (Å²) in [6, 6.07) is 17.7. The summed E-state index contributed by atoms with van der Waals surface area (Å²) in [5, 5.41) is 0. The van der Waals surface area contributed by atoms with Crippen molar-refractivity contribution in [2.45, 2.75) is 13.8 Å². The third-order valence-corrected chi connectivity index (χ3v) is 2.42. The lowest BCUT2D eigenvalue weighted by Gasteiger charge is -2.03. The van der Waals surface area contributed by atoms with Gasteiger partial charge in [0.2, 0.25) is 0 Å². The van der Waals surface area contributed by atoms with E-state index < -0.39 is 0 Å². The SMILES string of the molecule is CC(C)=COc1ccccc1C#Cc1ccccc1. The molecule has 0 bridgehead atoms. The van der Waals surface area contributed by atoms with Crippen molar-refractivity contribution in [3.8, 4) is 17.6 Å². The standard InChI is InChI=1S/C18H16O/c1-15(2)14-19-18-11-7-6-10-17(18)13-12-16-8-4-3-5-9-16/h3-11,14H,1-2H3. The maximum absolute atomic E-state index is 5.62. The molecule has 0 fully saturated rings. The van der Waals surface area contributed by atoms with Gasteiger partial charge >= 0.3 is 0 Å². The summed E-state index contributed by atoms with van der Waals surface area (Å²) in [6.45, 7) is 4.00. The molecular formula is C18H16O. The van der Waals surface area contributed by atoms with Gasteiger partial charge in [-0.3, -0.25) is 0 Å². The van der Waals surface area contributed by atoms with Crippen LogP contribution in [0.25, 0.3) is 0 Å². The van der Waals surface area contributed by atoms with E-state index in [1.165, 1.54) is 0 Å². The molecule has 2 aromatic carbocycles. The van der Waals surface area contributed by atoms with Gasteiger partial charge in [0, 0.05) is 5.56 Å². The molecule has 0 aliphatic heterocycles. The van der Waals surface area contributed by atoms with E-state index in [1.54, 1.807) is 6.26 Å². The second-order valence-corrected chi connectivity index (χ2v) is 4.43. The highest BCUT2D eigenvalue weighted by molar-refractivity contribution is 5.49. The van der Waals surface area contributed by atoms with E-state index in [0.717, 1.165) is 22.4 Å². The molecule has 0 N–H and O–H groups in total. The van der Waals surface area contributed by atoms with Gasteiger partial charge < -0.3 is 4.74 Å². The van der Waals surface area contributed by atoms with Crippen LogP contribution in [-0.4, -0.2) is 0 Å². The Morgan fingerprint density at radius 1 is 0.895 bits per heavy atom. The predicted molar refractivity (Wildman–Crippen MR) is 78.9 cm³/mol. The zero-order valence-corrected chi connectivity index (χ0v) is 11.2. The molecule has 0 aromatic heterocycles. The fourth-order valence-electron chi connectivity index (χ4n) is 1.52. The zero-order chi connectivity index (χ0) is 13.5. The fourth-order valence-corrected chi connectivity index (χ4v) is 1.52. The number of ether oxygens (including phenoxy) is 1. The van der Waals surface area contributed by atoms with Gasteiger partial charge in [0.15, 0.2) is 0 Å². The second-order valence-electron chi connectivity index (χ2n) is 4.43. The van der Waals surface area contributed by atoms with Crippen LogP contribution in [0.1, 0.15) is 25.0 Å². The Balaban J connectivity index is 2.26. The molecule has 0 spiro atoms. The van der Waals surface area contributed by atoms with Gasteiger partial charge in [0.1, 0.15) is 5.75 Å². The van der Waals surface area contributed by atoms with Crippen LogP contribution in [0.2, 0.25) is 0 Å². The average Bonchev–Trinajstić information content (AvgIpc) is 2.45. The van der Waals surface area contributed by atoms with Crippen molar-refractivity contribution in [3.05, 3.63) is 77.6 Å². The topological polar surface area (TPSA) is 9.23 Å². The summed E-state index contributed by atoms with van der Waals surface area (Å²) in [7, 11) is 0. The highest BCUT2D eigenvalue weighted by Gasteiger charge is 1.98. The number of hydrogen-bond donors (Lipinski definition) is 0. The first-order chi connectivity index (χ1) is 9.25. The molecule has 1 nitrogen and oxygen atoms in total. The van der Waals surface area contributed by atoms with Crippen molar-refractivity contribution in [3.63, 3.8) is 0 Å². The maximum atomic E-state index is 5.62. The van der Waals surface area contributed by atoms with Gasteiger partial charge in [0.05, 0.1) is 11.8 Å². The van der Waals surface area contributed by atoms with E-state index in [2.05, 4.69) is 11.8 Å². The molecule has 0 heterocycles. The molecule has 0 saturated carbocycles. The summed E-state index contributed by atoms with van der Waals surface area (Å²) in [5.41, 5.74) is 3.01. The number of para-hydroxylation sites is 1. The molecule has 2 rings (SSSR count). The Hall–Kier alpha value is -2.46. The number of rotatable bonds is 2. The van der Waals surface area contributed by atoms with Crippen LogP contribution in [0, 0.1) is 11.8 Å². The van der Waals surface area contributed by atoms with Crippen molar-refractivity contribution in [2.24, 2.45) is 0 Å². The smallest absolute Gasteiger partial charge is 0.142 e. The van der Waals surface area contributed by atoms with Gasteiger partial charge in [-0.15, -0.1) is 0 Å². The minimum Gasteiger partial charge on any atom is -0.464 e. The predicted octanol–water partition coefficient (Wildman–Crippen LogP) is 4.39. The molecule has 0 amide bonds. The van der Waals surface area contributed by atoms with E-state index in [0.29, 0.717) is 0 Å². The molecule has 2 aromatic rings. The minimum atomic E-state index is 0.784. The molecule has 94 valence electrons. The first kappa shape index (κ1) is 13.0. The van der Waals surface area contributed by atoms with E-state index >= 15 is 0 Å². The summed E-state index contributed by atoms with van der Waals surface area (Å²) in [6.07, 6.45) is 1.74. The highest BCUT2D eigenvalue weighted by atomic mass is 16.5. The Bertz CT molecular complexity index is 623. The van der Waals surface area contributed by atoms with Crippen LogP contribution in [0.15, 0.2) is 66.4 Å². The van der Waals surface area contributed by atoms with Gasteiger partial charge in [-0.25, -0.2) is 0 Å². The van der Waals surface area contributed by atoms with E-state index in [1.807, 2.05) is 68.4 Å². The van der Waals surface area contributed by atoms with Crippen LogP contribution in [0.4, 0.5) is 0 Å². The normalized spacial score (nSPS) is 9.16. The van der Waals surface area contributed by atoms with Crippen molar-refractivity contribution in [2.75, 3.05) is 0 Å². The van der Waals surface area contributed by atoms with Crippen LogP contribution in [0.5, 0.6) is 5.75 Å². The first-order valence-corrected chi connectivity index (χ1v) is 6.22. The van der Waals surface area contributed by atoms with Crippen molar-refractivity contribution in [1.29, 1.82) is 0 Å². The van der Waals surface area contributed by atoms with E-state index in [4.69, 9.17) is 4.74 Å². The lowest BCUT2D eigenvalue weighted by atomic mass is 10.1. The van der Waals surface area contributed by atoms with Gasteiger partial charge in [0.25, 0.3) is 0 Å². The lowest BCUT2D eigenvalue weighted by molar-refractivity contribution is 0.474. The van der Waals surface area contributed by atoms with Gasteiger partial charge in [-0.05, 0) is 43.7 Å². The summed E-state index contributed by atoms with van der Waals surface area (Å²) in [4.78, 5) is 0. The third-order valence-electron chi connectivity index (χ3n) is 2.42. The van der Waals surface area contributed by atoms with Crippen LogP contribution >= 0.6 is 0 Å². The average molecular weight is 248 g/mol. The molecule has 0 atom stereocenters. The second kappa shape index (κ2) is 6.47. The molecule has 0 aliphatic rings. The quantitative estimate of drug-likeness (QED) is 0.566. The summed E-state index contributed by atoms with van der Waals surface area (Å²) in [5.74, 6) is 7.07. The van der Waals surface area contributed by atoms with E-state index in [-0.39, 0.29) is 0 Å². The Labute approximate surface area is 114 Å². The molecule has 0 unspecified atom stereocenters. The minimum absolute atomic E-state index is 0.784. The summed E-state index contributed by atoms with van der Waals surface area (Å²) >= 11 is 0. The third kappa shape index (κ3) is 4.04. The molecule has 0 radical (unpaired) electrons. The Kier molecular flexibility index (Phi) is 4.42. The number of allylic oxidation sites excluding steroid dienone is 1. The molecule has 0 saturated heterocycles. The number of benzene rings is 2. The number of hydrogen-bond acceptors (Lipinski definition) is 1. The van der Waals surface area contributed by atoms with Gasteiger partial charge in [-0.2, -0.15) is 0 Å². The Morgan fingerprint density at radius 2 is 1.58 bits per heavy atom. The zero-order valence-electron chi connectivity index (χ0n) is 11.2. The fraction of sp³-hybridized carbons (Fsp3) is 0.111. The van der Waals surface area contributed by atoms with Crippen LogP contribution in [0.3, 0.4) is 0 Å². The summed E-state index contributed by atoms with van der Waals surface area (Å²) < 4.78 is 5.62. The molecule has 1 heteroatoms. The highest BCUT2D eigenvalue weighted by Crippen LogP contribution is 2.17. The van der Waals surface area contributed by atoms with Crippen LogP contribution < -0.4 is 4.74 Å². The molecular weight excluding hydrogens is 232 g/mol. The molecule has 19 heavy (non-hydrogen) atoms. The van der Waals surface area contributed by atoms with Crippen LogP contribution in [-0.2, 0) is 0 Å². The maximum Gasteiger partial charge on any atom is 0.142 e. The Morgan fingerprint density at radius 3 is 2.32 bits per heavy atom. The van der Waals surface area contributed by atoms with Crippen molar-refractivity contribution >= 4 is 0 Å². The van der Waals surface area contributed by atoms with Gasteiger partial charge in [-0.1, -0.05) is 42.2 Å². The lowest BCUT2D eigenvalue weighted by Crippen LogP contribution is -1.87. The van der Waals surface area contributed by atoms with E-state index in [9.17, 15) is 0 Å². The van der Waals surface area contributed by atoms with Crippen molar-refractivity contribution < 1.29 is 4.74 Å².